The maximum absolute atomic E-state index is 13.5. The second kappa shape index (κ2) is 8.03. The normalized spacial score (nSPS) is 18.2. The molecule has 0 radical (unpaired) electrons. The molecule has 3 heterocycles. The Bertz CT molecular complexity index is 1320. The molecule has 1 aliphatic carbocycles. The lowest BCUT2D eigenvalue weighted by Crippen LogP contribution is -2.49. The first-order valence-corrected chi connectivity index (χ1v) is 11.0. The molecule has 5 rings (SSSR count). The molecule has 7 nitrogen and oxygen atoms in total. The van der Waals surface area contributed by atoms with E-state index in [0.29, 0.717) is 11.3 Å². The van der Waals surface area contributed by atoms with Crippen molar-refractivity contribution in [3.8, 4) is 11.4 Å². The van der Waals surface area contributed by atoms with E-state index in [2.05, 4.69) is 4.98 Å². The SMILES string of the molecule is Cc1cn(-c2ccc3n(c2=O)C[C@@H](C)N(Cc2cc(OC4CC4)cc(C(F)(F)F)c2)C3=O)cn1. The van der Waals surface area contributed by atoms with Crippen LogP contribution in [0, 0.1) is 6.92 Å². The van der Waals surface area contributed by atoms with Gasteiger partial charge in [-0.1, -0.05) is 0 Å². The first-order valence-electron chi connectivity index (χ1n) is 11.0. The van der Waals surface area contributed by atoms with E-state index in [1.165, 1.54) is 15.8 Å². The van der Waals surface area contributed by atoms with Crippen molar-refractivity contribution in [1.82, 2.24) is 19.0 Å². The van der Waals surface area contributed by atoms with E-state index in [0.717, 1.165) is 30.7 Å². The predicted octanol–water partition coefficient (Wildman–Crippen LogP) is 3.95. The van der Waals surface area contributed by atoms with Gasteiger partial charge in [-0.15, -0.1) is 0 Å². The number of benzene rings is 1. The molecule has 0 spiro atoms. The highest BCUT2D eigenvalue weighted by Gasteiger charge is 2.35. The Morgan fingerprint density at radius 3 is 2.56 bits per heavy atom. The summed E-state index contributed by atoms with van der Waals surface area (Å²) in [4.78, 5) is 32.0. The first kappa shape index (κ1) is 22.2. The summed E-state index contributed by atoms with van der Waals surface area (Å²) in [6.07, 6.45) is 0.308. The Balaban J connectivity index is 1.46. The average Bonchev–Trinajstić information content (AvgIpc) is 3.48. The minimum absolute atomic E-state index is 0.0262. The minimum Gasteiger partial charge on any atom is -0.490 e. The molecule has 0 N–H and O–H groups in total. The van der Waals surface area contributed by atoms with E-state index in [1.807, 2.05) is 6.92 Å². The zero-order chi connectivity index (χ0) is 24.2. The van der Waals surface area contributed by atoms with Gasteiger partial charge in [0.15, 0.2) is 0 Å². The molecule has 1 aromatic carbocycles. The molecule has 1 atom stereocenters. The van der Waals surface area contributed by atoms with Crippen LogP contribution in [-0.4, -0.2) is 37.1 Å². The Kier molecular flexibility index (Phi) is 5.26. The molecule has 2 aliphatic rings. The Morgan fingerprint density at radius 2 is 1.91 bits per heavy atom. The van der Waals surface area contributed by atoms with Crippen molar-refractivity contribution < 1.29 is 22.7 Å². The van der Waals surface area contributed by atoms with Crippen LogP contribution < -0.4 is 10.3 Å². The van der Waals surface area contributed by atoms with E-state index >= 15 is 0 Å². The molecule has 178 valence electrons. The second-order valence-corrected chi connectivity index (χ2v) is 8.90. The van der Waals surface area contributed by atoms with E-state index in [9.17, 15) is 22.8 Å². The van der Waals surface area contributed by atoms with Crippen LogP contribution in [0.15, 0.2) is 47.7 Å². The molecule has 3 aromatic rings. The Hall–Kier alpha value is -3.56. The number of fused-ring (bicyclic) bond motifs is 1. The van der Waals surface area contributed by atoms with Crippen molar-refractivity contribution in [3.05, 3.63) is 75.7 Å². The fraction of sp³-hybridized carbons (Fsp3) is 0.375. The third-order valence-electron chi connectivity index (χ3n) is 6.08. The van der Waals surface area contributed by atoms with Crippen LogP contribution in [0.3, 0.4) is 0 Å². The van der Waals surface area contributed by atoms with Gasteiger partial charge < -0.3 is 18.8 Å². The summed E-state index contributed by atoms with van der Waals surface area (Å²) < 4.78 is 49.1. The number of pyridine rings is 1. The van der Waals surface area contributed by atoms with Gasteiger partial charge in [0.1, 0.15) is 17.1 Å². The van der Waals surface area contributed by atoms with Gasteiger partial charge in [-0.05, 0) is 62.6 Å². The van der Waals surface area contributed by atoms with Crippen LogP contribution in [0.25, 0.3) is 5.69 Å². The van der Waals surface area contributed by atoms with Crippen molar-refractivity contribution in [1.29, 1.82) is 0 Å². The van der Waals surface area contributed by atoms with Crippen LogP contribution in [0.1, 0.15) is 47.1 Å². The van der Waals surface area contributed by atoms with E-state index in [4.69, 9.17) is 4.74 Å². The van der Waals surface area contributed by atoms with Crippen molar-refractivity contribution in [3.63, 3.8) is 0 Å². The maximum Gasteiger partial charge on any atom is 0.416 e. The van der Waals surface area contributed by atoms with Crippen LogP contribution in [-0.2, 0) is 19.3 Å². The quantitative estimate of drug-likeness (QED) is 0.564. The topological polar surface area (TPSA) is 69.4 Å². The predicted molar refractivity (Wildman–Crippen MR) is 117 cm³/mol. The fourth-order valence-electron chi connectivity index (χ4n) is 4.18. The van der Waals surface area contributed by atoms with Gasteiger partial charge >= 0.3 is 6.18 Å². The summed E-state index contributed by atoms with van der Waals surface area (Å²) in [7, 11) is 0. The number of imidazole rings is 1. The van der Waals surface area contributed by atoms with Gasteiger partial charge in [-0.2, -0.15) is 13.2 Å². The van der Waals surface area contributed by atoms with Crippen LogP contribution in [0.2, 0.25) is 0 Å². The number of aromatic nitrogens is 3. The third kappa shape index (κ3) is 4.20. The Labute approximate surface area is 193 Å². The van der Waals surface area contributed by atoms with E-state index < -0.39 is 23.7 Å². The van der Waals surface area contributed by atoms with Gasteiger partial charge in [0.05, 0.1) is 23.7 Å². The molecule has 1 aliphatic heterocycles. The molecule has 2 aromatic heterocycles. The van der Waals surface area contributed by atoms with Crippen molar-refractivity contribution in [2.45, 2.75) is 58.1 Å². The monoisotopic (exact) mass is 472 g/mol. The summed E-state index contributed by atoms with van der Waals surface area (Å²) in [6, 6.07) is 6.33. The number of hydrogen-bond donors (Lipinski definition) is 0. The largest absolute Gasteiger partial charge is 0.490 e. The van der Waals surface area contributed by atoms with E-state index in [-0.39, 0.29) is 36.2 Å². The Morgan fingerprint density at radius 1 is 1.15 bits per heavy atom. The van der Waals surface area contributed by atoms with Crippen LogP contribution in [0.4, 0.5) is 13.2 Å². The minimum atomic E-state index is -4.53. The molecule has 1 amide bonds. The van der Waals surface area contributed by atoms with Crippen molar-refractivity contribution in [2.24, 2.45) is 0 Å². The van der Waals surface area contributed by atoms with Gasteiger partial charge in [0.2, 0.25) is 0 Å². The molecular formula is C24H23F3N4O3. The zero-order valence-electron chi connectivity index (χ0n) is 18.7. The lowest BCUT2D eigenvalue weighted by molar-refractivity contribution is -0.137. The molecule has 0 unspecified atom stereocenters. The molecule has 10 heteroatoms. The highest BCUT2D eigenvalue weighted by atomic mass is 19.4. The number of amides is 1. The summed E-state index contributed by atoms with van der Waals surface area (Å²) in [6.45, 7) is 3.79. The van der Waals surface area contributed by atoms with E-state index in [1.54, 1.807) is 35.9 Å². The molecule has 0 bridgehead atoms. The molecule has 1 fully saturated rings. The molecule has 1 saturated carbocycles. The number of ether oxygens (including phenoxy) is 1. The number of aryl methyl sites for hydroxylation is 1. The van der Waals surface area contributed by atoms with Gasteiger partial charge in [-0.25, -0.2) is 4.98 Å². The number of halogens is 3. The second-order valence-electron chi connectivity index (χ2n) is 8.90. The molecule has 34 heavy (non-hydrogen) atoms. The summed E-state index contributed by atoms with van der Waals surface area (Å²) in [5.41, 5.74) is 0.516. The number of nitrogens with zero attached hydrogens (tertiary/aromatic N) is 4. The number of alkyl halides is 3. The van der Waals surface area contributed by atoms with Crippen LogP contribution >= 0.6 is 0 Å². The highest BCUT2D eigenvalue weighted by Crippen LogP contribution is 2.35. The van der Waals surface area contributed by atoms with Crippen molar-refractivity contribution >= 4 is 5.91 Å². The number of rotatable bonds is 5. The smallest absolute Gasteiger partial charge is 0.416 e. The van der Waals surface area contributed by atoms with Crippen molar-refractivity contribution in [2.75, 3.05) is 0 Å². The van der Waals surface area contributed by atoms with Crippen LogP contribution in [0.5, 0.6) is 5.75 Å². The third-order valence-corrected chi connectivity index (χ3v) is 6.08. The lowest BCUT2D eigenvalue weighted by Gasteiger charge is -2.35. The first-order chi connectivity index (χ1) is 16.1. The summed E-state index contributed by atoms with van der Waals surface area (Å²) >= 11 is 0. The fourth-order valence-corrected chi connectivity index (χ4v) is 4.18. The van der Waals surface area contributed by atoms with Gasteiger partial charge in [0.25, 0.3) is 11.5 Å². The average molecular weight is 472 g/mol. The highest BCUT2D eigenvalue weighted by molar-refractivity contribution is 5.93. The molecular weight excluding hydrogens is 449 g/mol. The van der Waals surface area contributed by atoms with Gasteiger partial charge in [-0.3, -0.25) is 9.59 Å². The van der Waals surface area contributed by atoms with Gasteiger partial charge in [0, 0.05) is 25.3 Å². The number of carbonyl (C=O) groups is 1. The lowest BCUT2D eigenvalue weighted by atomic mass is 10.1. The maximum atomic E-state index is 13.5. The standard InChI is InChI=1S/C24H23F3N4O3/c1-14-10-29(13-28-14)20-5-6-21-23(33)30(15(2)11-31(21)22(20)32)12-16-7-17(24(25,26)27)9-19(8-16)34-18-3-4-18/h5-10,13,15,18H,3-4,11-12H2,1-2H3/t15-/m1/s1. The summed E-state index contributed by atoms with van der Waals surface area (Å²) in [5, 5.41) is 0. The summed E-state index contributed by atoms with van der Waals surface area (Å²) in [5.74, 6) is -0.257. The number of hydrogen-bond acceptors (Lipinski definition) is 4. The molecule has 0 saturated heterocycles. The number of carbonyl (C=O) groups excluding carboxylic acids is 1. The zero-order valence-corrected chi connectivity index (χ0v) is 18.7.